The van der Waals surface area contributed by atoms with Crippen LogP contribution in [0.25, 0.3) is 0 Å². The summed E-state index contributed by atoms with van der Waals surface area (Å²) in [6, 6.07) is 12.2. The minimum absolute atomic E-state index is 0.139. The van der Waals surface area contributed by atoms with Gasteiger partial charge in [-0.15, -0.1) is 0 Å². The van der Waals surface area contributed by atoms with E-state index in [0.29, 0.717) is 25.5 Å². The Bertz CT molecular complexity index is 982. The molecule has 0 atom stereocenters. The van der Waals surface area contributed by atoms with E-state index in [2.05, 4.69) is 36.8 Å². The highest BCUT2D eigenvalue weighted by atomic mass is 19.3. The van der Waals surface area contributed by atoms with Crippen molar-refractivity contribution in [2.75, 3.05) is 86.7 Å². The summed E-state index contributed by atoms with van der Waals surface area (Å²) in [4.78, 5) is 32.2. The third kappa shape index (κ3) is 5.80. The van der Waals surface area contributed by atoms with Gasteiger partial charge in [0.1, 0.15) is 18.0 Å². The van der Waals surface area contributed by atoms with E-state index in [0.717, 1.165) is 58.2 Å². The predicted molar refractivity (Wildman–Crippen MR) is 132 cm³/mol. The number of aromatic nitrogens is 2. The van der Waals surface area contributed by atoms with E-state index < -0.39 is 5.92 Å². The molecule has 0 saturated carbocycles. The first-order chi connectivity index (χ1) is 17.0. The number of nitrogens with zero attached hydrogens (tertiary/aromatic N) is 7. The lowest BCUT2D eigenvalue weighted by Gasteiger charge is -2.39. The third-order valence-electron chi connectivity index (χ3n) is 7.27. The van der Waals surface area contributed by atoms with Gasteiger partial charge in [-0.05, 0) is 12.1 Å². The van der Waals surface area contributed by atoms with Gasteiger partial charge in [0.2, 0.25) is 5.91 Å². The third-order valence-corrected chi connectivity index (χ3v) is 7.27. The highest BCUT2D eigenvalue weighted by Crippen LogP contribution is 2.30. The van der Waals surface area contributed by atoms with Crippen molar-refractivity contribution in [2.24, 2.45) is 0 Å². The SMILES string of the molecule is O=C(CN1CCN(c2cc(N3CCC(F)(F)CC3)ncn2)CC1)N1CCN(c2ccccc2)CC1. The maximum absolute atomic E-state index is 13.5. The van der Waals surface area contributed by atoms with Gasteiger partial charge in [-0.1, -0.05) is 18.2 Å². The molecule has 35 heavy (non-hydrogen) atoms. The molecule has 2 aromatic rings. The number of anilines is 3. The van der Waals surface area contributed by atoms with E-state index in [9.17, 15) is 13.6 Å². The van der Waals surface area contributed by atoms with Crippen molar-refractivity contribution in [2.45, 2.75) is 18.8 Å². The van der Waals surface area contributed by atoms with Gasteiger partial charge in [0.25, 0.3) is 5.92 Å². The van der Waals surface area contributed by atoms with Crippen LogP contribution in [0.5, 0.6) is 0 Å². The molecule has 1 amide bonds. The first-order valence-corrected chi connectivity index (χ1v) is 12.5. The largest absolute Gasteiger partial charge is 0.368 e. The Morgan fingerprint density at radius 3 is 1.97 bits per heavy atom. The molecule has 1 aromatic carbocycles. The molecule has 0 N–H and O–H groups in total. The second kappa shape index (κ2) is 10.3. The molecule has 3 fully saturated rings. The summed E-state index contributed by atoms with van der Waals surface area (Å²) in [7, 11) is 0. The van der Waals surface area contributed by atoms with E-state index in [1.54, 1.807) is 0 Å². The molecule has 188 valence electrons. The number of hydrogen-bond donors (Lipinski definition) is 0. The first-order valence-electron chi connectivity index (χ1n) is 12.5. The number of carbonyl (C=O) groups excluding carboxylic acids is 1. The van der Waals surface area contributed by atoms with Crippen LogP contribution in [0.4, 0.5) is 26.1 Å². The van der Waals surface area contributed by atoms with Crippen LogP contribution in [0.15, 0.2) is 42.7 Å². The van der Waals surface area contributed by atoms with Gasteiger partial charge in [0.15, 0.2) is 0 Å². The van der Waals surface area contributed by atoms with Gasteiger partial charge < -0.3 is 19.6 Å². The van der Waals surface area contributed by atoms with Crippen LogP contribution in [0.1, 0.15) is 12.8 Å². The number of halogens is 2. The van der Waals surface area contributed by atoms with Crippen molar-refractivity contribution in [3.05, 3.63) is 42.7 Å². The van der Waals surface area contributed by atoms with E-state index in [1.807, 2.05) is 34.1 Å². The number of amides is 1. The summed E-state index contributed by atoms with van der Waals surface area (Å²) in [6.07, 6.45) is 1.24. The average Bonchev–Trinajstić information content (AvgIpc) is 2.90. The molecule has 3 saturated heterocycles. The van der Waals surface area contributed by atoms with Gasteiger partial charge in [0.05, 0.1) is 6.54 Å². The Balaban J connectivity index is 1.08. The lowest BCUT2D eigenvalue weighted by atomic mass is 10.1. The van der Waals surface area contributed by atoms with Crippen molar-refractivity contribution in [3.8, 4) is 0 Å². The van der Waals surface area contributed by atoms with Gasteiger partial charge in [-0.3, -0.25) is 9.69 Å². The maximum Gasteiger partial charge on any atom is 0.251 e. The molecule has 0 bridgehead atoms. The summed E-state index contributed by atoms with van der Waals surface area (Å²) in [5, 5.41) is 0. The number of carbonyl (C=O) groups is 1. The van der Waals surface area contributed by atoms with Crippen LogP contribution in [-0.4, -0.2) is 104 Å². The fourth-order valence-corrected chi connectivity index (χ4v) is 5.03. The van der Waals surface area contributed by atoms with Crippen molar-refractivity contribution in [3.63, 3.8) is 0 Å². The number of benzene rings is 1. The van der Waals surface area contributed by atoms with Crippen LogP contribution in [0.3, 0.4) is 0 Å². The lowest BCUT2D eigenvalue weighted by Crippen LogP contribution is -2.54. The van der Waals surface area contributed by atoms with E-state index in [1.165, 1.54) is 12.0 Å². The Labute approximate surface area is 205 Å². The fraction of sp³-hybridized carbons (Fsp3) is 0.560. The van der Waals surface area contributed by atoms with Crippen molar-refractivity contribution < 1.29 is 13.6 Å². The zero-order chi connectivity index (χ0) is 24.3. The van der Waals surface area contributed by atoms with Crippen LogP contribution in [-0.2, 0) is 4.79 Å². The smallest absolute Gasteiger partial charge is 0.251 e. The first kappa shape index (κ1) is 23.7. The molecule has 4 heterocycles. The molecule has 10 heteroatoms. The maximum atomic E-state index is 13.5. The molecule has 8 nitrogen and oxygen atoms in total. The summed E-state index contributed by atoms with van der Waals surface area (Å²) < 4.78 is 27.0. The second-order valence-electron chi connectivity index (χ2n) is 9.54. The van der Waals surface area contributed by atoms with Gasteiger partial charge in [-0.25, -0.2) is 18.7 Å². The molecule has 0 aliphatic carbocycles. The van der Waals surface area contributed by atoms with Crippen molar-refractivity contribution in [1.82, 2.24) is 19.8 Å². The predicted octanol–water partition coefficient (Wildman–Crippen LogP) is 2.18. The zero-order valence-electron chi connectivity index (χ0n) is 20.0. The minimum Gasteiger partial charge on any atom is -0.368 e. The Kier molecular flexibility index (Phi) is 6.99. The van der Waals surface area contributed by atoms with Crippen LogP contribution in [0.2, 0.25) is 0 Å². The summed E-state index contributed by atoms with van der Waals surface area (Å²) >= 11 is 0. The van der Waals surface area contributed by atoms with Crippen LogP contribution < -0.4 is 14.7 Å². The van der Waals surface area contributed by atoms with E-state index in [4.69, 9.17) is 0 Å². The second-order valence-corrected chi connectivity index (χ2v) is 9.54. The normalized spacial score (nSPS) is 21.3. The molecule has 3 aliphatic heterocycles. The summed E-state index contributed by atoms with van der Waals surface area (Å²) in [5.41, 5.74) is 1.21. The minimum atomic E-state index is -2.57. The fourth-order valence-electron chi connectivity index (χ4n) is 5.03. The lowest BCUT2D eigenvalue weighted by molar-refractivity contribution is -0.132. The monoisotopic (exact) mass is 485 g/mol. The highest BCUT2D eigenvalue weighted by Gasteiger charge is 2.34. The van der Waals surface area contributed by atoms with Crippen molar-refractivity contribution >= 4 is 23.2 Å². The number of para-hydroxylation sites is 1. The Morgan fingerprint density at radius 2 is 1.34 bits per heavy atom. The Hall–Kier alpha value is -3.01. The molecule has 0 spiro atoms. The quantitative estimate of drug-likeness (QED) is 0.644. The van der Waals surface area contributed by atoms with Crippen LogP contribution in [0, 0.1) is 0 Å². The summed E-state index contributed by atoms with van der Waals surface area (Å²) in [5.74, 6) is -0.860. The molecule has 3 aliphatic rings. The molecule has 0 radical (unpaired) electrons. The number of hydrogen-bond acceptors (Lipinski definition) is 7. The average molecular weight is 486 g/mol. The molecule has 1 aromatic heterocycles. The van der Waals surface area contributed by atoms with E-state index in [-0.39, 0.29) is 18.7 Å². The summed E-state index contributed by atoms with van der Waals surface area (Å²) in [6.45, 7) is 7.36. The van der Waals surface area contributed by atoms with Gasteiger partial charge >= 0.3 is 0 Å². The number of alkyl halides is 2. The molecular weight excluding hydrogens is 452 g/mol. The van der Waals surface area contributed by atoms with Crippen molar-refractivity contribution in [1.29, 1.82) is 0 Å². The number of rotatable bonds is 5. The highest BCUT2D eigenvalue weighted by molar-refractivity contribution is 5.78. The molecule has 0 unspecified atom stereocenters. The topological polar surface area (TPSA) is 59.1 Å². The van der Waals surface area contributed by atoms with Gasteiger partial charge in [-0.2, -0.15) is 0 Å². The zero-order valence-corrected chi connectivity index (χ0v) is 20.0. The van der Waals surface area contributed by atoms with Crippen LogP contribution >= 0.6 is 0 Å². The molecular formula is C25H33F2N7O. The standard InChI is InChI=1S/C25H33F2N7O/c26-25(27)6-8-32(9-7-25)22-18-23(29-20-28-22)33-12-10-30(11-13-33)19-24(35)34-16-14-31(15-17-34)21-4-2-1-3-5-21/h1-5,18,20H,6-17,19H2. The molecule has 5 rings (SSSR count). The Morgan fingerprint density at radius 1 is 0.771 bits per heavy atom. The number of piperazine rings is 2. The van der Waals surface area contributed by atoms with Gasteiger partial charge in [0, 0.05) is 90.0 Å². The van der Waals surface area contributed by atoms with E-state index >= 15 is 0 Å². The number of piperidine rings is 1.